The van der Waals surface area contributed by atoms with Gasteiger partial charge in [-0.25, -0.2) is 13.3 Å². The summed E-state index contributed by atoms with van der Waals surface area (Å²) in [5.74, 6) is 0. The summed E-state index contributed by atoms with van der Waals surface area (Å²) >= 11 is 1.85. The molecule has 0 spiro atoms. The van der Waals surface area contributed by atoms with Gasteiger partial charge in [-0.05, 0) is 18.6 Å². The Balaban J connectivity index is 2.44. The van der Waals surface area contributed by atoms with Crippen LogP contribution in [0.1, 0.15) is 12.5 Å². The lowest BCUT2D eigenvalue weighted by Crippen LogP contribution is -2.29. The number of carbonyl (C=O) groups is 1. The fourth-order valence-corrected chi connectivity index (χ4v) is 1.50. The molecule has 1 rings (SSSR count). The van der Waals surface area contributed by atoms with E-state index >= 15 is 0 Å². The summed E-state index contributed by atoms with van der Waals surface area (Å²) < 4.78 is 17.4. The molecule has 1 heterocycles. The van der Waals surface area contributed by atoms with Crippen molar-refractivity contribution in [1.29, 1.82) is 0 Å². The molecule has 1 amide bonds. The zero-order chi connectivity index (χ0) is 14.3. The molecule has 1 atom stereocenters. The summed E-state index contributed by atoms with van der Waals surface area (Å²) in [6.07, 6.45) is 2.28. The first-order chi connectivity index (χ1) is 9.00. The van der Waals surface area contributed by atoms with Gasteiger partial charge in [-0.1, -0.05) is 11.2 Å². The van der Waals surface area contributed by atoms with Gasteiger partial charge < -0.3 is 0 Å². The third-order valence-corrected chi connectivity index (χ3v) is 2.78. The minimum Gasteiger partial charge on any atom is -0.296 e. The fraction of sp³-hybridized carbons (Fsp3) is 0.300. The number of aromatic nitrogens is 1. The minimum atomic E-state index is -1.97. The Hall–Kier alpha value is -1.45. The highest BCUT2D eigenvalue weighted by atomic mass is 32.2. The molecule has 0 fully saturated rings. The number of oxime groups is 1. The summed E-state index contributed by atoms with van der Waals surface area (Å²) in [6, 6.07) is 3.49. The molecule has 0 aliphatic rings. The van der Waals surface area contributed by atoms with Gasteiger partial charge in [0.15, 0.2) is 0 Å². The van der Waals surface area contributed by atoms with Crippen LogP contribution in [0, 0.1) is 0 Å². The first kappa shape index (κ1) is 15.6. The molecular weight excluding hydrogens is 290 g/mol. The second-order valence-electron chi connectivity index (χ2n) is 3.33. The van der Waals surface area contributed by atoms with E-state index in [0.29, 0.717) is 0 Å². The van der Waals surface area contributed by atoms with Gasteiger partial charge >= 0.3 is 6.09 Å². The van der Waals surface area contributed by atoms with Gasteiger partial charge in [-0.3, -0.25) is 14.0 Å². The molecule has 0 aromatic carbocycles. The molecule has 0 aliphatic heterocycles. The predicted molar refractivity (Wildman–Crippen MR) is 73.5 cm³/mol. The van der Waals surface area contributed by atoms with Crippen LogP contribution in [0.3, 0.4) is 0 Å². The highest BCUT2D eigenvalue weighted by Gasteiger charge is 2.18. The van der Waals surface area contributed by atoms with Crippen molar-refractivity contribution in [2.24, 2.45) is 5.16 Å². The maximum atomic E-state index is 11.6. The molecule has 0 saturated heterocycles. The van der Waals surface area contributed by atoms with E-state index in [4.69, 9.17) is 4.18 Å². The Kier molecular flexibility index (Phi) is 6.46. The van der Waals surface area contributed by atoms with Gasteiger partial charge in [-0.15, -0.1) is 12.6 Å². The van der Waals surface area contributed by atoms with Crippen molar-refractivity contribution >= 4 is 35.0 Å². The molecule has 19 heavy (non-hydrogen) atoms. The second-order valence-corrected chi connectivity index (χ2v) is 5.20. The van der Waals surface area contributed by atoms with Crippen LogP contribution in [-0.4, -0.2) is 31.7 Å². The second kappa shape index (κ2) is 7.87. The van der Waals surface area contributed by atoms with Crippen LogP contribution in [0.15, 0.2) is 29.7 Å². The lowest BCUT2D eigenvalue weighted by atomic mass is 10.3. The van der Waals surface area contributed by atoms with Crippen LogP contribution >= 0.6 is 12.6 Å². The van der Waals surface area contributed by atoms with Crippen LogP contribution in [0.25, 0.3) is 0 Å². The van der Waals surface area contributed by atoms with Crippen LogP contribution < -0.4 is 0 Å². The molecule has 1 unspecified atom stereocenters. The number of hydrogen-bond donors (Lipinski definition) is 1. The first-order valence-corrected chi connectivity index (χ1v) is 6.61. The highest BCUT2D eigenvalue weighted by molar-refractivity contribution is 7.96. The monoisotopic (exact) mass is 303 g/mol. The Bertz CT molecular complexity index is 477. The van der Waals surface area contributed by atoms with Crippen LogP contribution in [-0.2, 0) is 26.9 Å². The van der Waals surface area contributed by atoms with Gasteiger partial charge in [0.1, 0.15) is 5.04 Å². The lowest BCUT2D eigenvalue weighted by molar-refractivity contribution is 0.132. The Morgan fingerprint density at radius 1 is 1.63 bits per heavy atom. The third kappa shape index (κ3) is 5.81. The Morgan fingerprint density at radius 2 is 2.37 bits per heavy atom. The molecule has 0 N–H and O–H groups in total. The quantitative estimate of drug-likeness (QED) is 0.293. The van der Waals surface area contributed by atoms with Crippen molar-refractivity contribution in [1.82, 2.24) is 9.29 Å². The van der Waals surface area contributed by atoms with Gasteiger partial charge in [0, 0.05) is 19.4 Å². The Morgan fingerprint density at radius 3 is 2.95 bits per heavy atom. The highest BCUT2D eigenvalue weighted by Crippen LogP contribution is 2.04. The van der Waals surface area contributed by atoms with Crippen molar-refractivity contribution < 1.29 is 18.0 Å². The standard InChI is InChI=1S/C10H13N3O4S2/c1-8(18)12-17-10(14)13(2)19(15)16-7-9-4-3-5-11-6-9/h3-6H,7H2,1-2H3,(H,12,18). The van der Waals surface area contributed by atoms with Crippen molar-refractivity contribution in [2.75, 3.05) is 7.05 Å². The van der Waals surface area contributed by atoms with Crippen LogP contribution in [0.4, 0.5) is 4.79 Å². The molecule has 9 heteroatoms. The predicted octanol–water partition coefficient (Wildman–Crippen LogP) is 1.51. The number of nitrogens with zero attached hydrogens (tertiary/aromatic N) is 3. The van der Waals surface area contributed by atoms with E-state index in [0.717, 1.165) is 9.87 Å². The number of pyridine rings is 1. The zero-order valence-electron chi connectivity index (χ0n) is 10.3. The van der Waals surface area contributed by atoms with Crippen molar-refractivity contribution in [3.05, 3.63) is 30.1 Å². The number of carbonyl (C=O) groups excluding carboxylic acids is 1. The van der Waals surface area contributed by atoms with Crippen LogP contribution in [0.5, 0.6) is 0 Å². The van der Waals surface area contributed by atoms with Gasteiger partial charge in [0.25, 0.3) is 11.3 Å². The molecule has 7 nitrogen and oxygen atoms in total. The van der Waals surface area contributed by atoms with Gasteiger partial charge in [-0.2, -0.15) is 0 Å². The lowest BCUT2D eigenvalue weighted by Gasteiger charge is -2.12. The average Bonchev–Trinajstić information content (AvgIpc) is 2.42. The SMILES string of the molecule is CC(S)=NOC(=O)N(C)S(=O)OCc1cccnc1. The average molecular weight is 303 g/mol. The van der Waals surface area contributed by atoms with E-state index in [1.54, 1.807) is 24.5 Å². The topological polar surface area (TPSA) is 81.1 Å². The number of thiol groups is 1. The smallest absolute Gasteiger partial charge is 0.296 e. The third-order valence-electron chi connectivity index (χ3n) is 1.79. The van der Waals surface area contributed by atoms with E-state index < -0.39 is 17.4 Å². The van der Waals surface area contributed by atoms with E-state index in [9.17, 15) is 9.00 Å². The molecule has 1 aromatic heterocycles. The van der Waals surface area contributed by atoms with Crippen molar-refractivity contribution in [3.63, 3.8) is 0 Å². The van der Waals surface area contributed by atoms with E-state index in [2.05, 4.69) is 27.6 Å². The summed E-state index contributed by atoms with van der Waals surface area (Å²) in [6.45, 7) is 1.60. The maximum Gasteiger partial charge on any atom is 0.449 e. The van der Waals surface area contributed by atoms with Crippen molar-refractivity contribution in [2.45, 2.75) is 13.5 Å². The molecule has 0 aliphatic carbocycles. The number of hydrogen-bond acceptors (Lipinski definition) is 6. The molecule has 0 radical (unpaired) electrons. The van der Waals surface area contributed by atoms with E-state index in [-0.39, 0.29) is 11.7 Å². The molecule has 104 valence electrons. The maximum absolute atomic E-state index is 11.6. The molecule has 1 aromatic rings. The summed E-state index contributed by atoms with van der Waals surface area (Å²) in [5.41, 5.74) is 0.738. The fourth-order valence-electron chi connectivity index (χ4n) is 0.904. The van der Waals surface area contributed by atoms with Gasteiger partial charge in [0.05, 0.1) is 6.61 Å². The normalized spacial score (nSPS) is 12.9. The van der Waals surface area contributed by atoms with Crippen LogP contribution in [0.2, 0.25) is 0 Å². The zero-order valence-corrected chi connectivity index (χ0v) is 12.1. The van der Waals surface area contributed by atoms with E-state index in [1.165, 1.54) is 14.0 Å². The number of amides is 1. The summed E-state index contributed by atoms with van der Waals surface area (Å²) in [5, 5.41) is 3.60. The molecule has 0 bridgehead atoms. The summed E-state index contributed by atoms with van der Waals surface area (Å²) in [4.78, 5) is 19.7. The Labute approximate surface area is 118 Å². The molecular formula is C10H13N3O4S2. The number of rotatable bonds is 5. The largest absolute Gasteiger partial charge is 0.449 e. The van der Waals surface area contributed by atoms with E-state index in [1.807, 2.05) is 0 Å². The van der Waals surface area contributed by atoms with Crippen molar-refractivity contribution in [3.8, 4) is 0 Å². The molecule has 0 saturated carbocycles. The first-order valence-electron chi connectivity index (χ1n) is 5.13. The van der Waals surface area contributed by atoms with Gasteiger partial charge in [0.2, 0.25) is 0 Å². The minimum absolute atomic E-state index is 0.0624. The summed E-state index contributed by atoms with van der Waals surface area (Å²) in [7, 11) is 1.27.